The minimum Gasteiger partial charge on any atom is -0.497 e. The summed E-state index contributed by atoms with van der Waals surface area (Å²) in [6.07, 6.45) is 0.135. The fourth-order valence-corrected chi connectivity index (χ4v) is 2.65. The molecule has 0 bridgehead atoms. The zero-order valence-corrected chi connectivity index (χ0v) is 16.9. The predicted molar refractivity (Wildman–Crippen MR) is 107 cm³/mol. The highest BCUT2D eigenvalue weighted by Gasteiger charge is 2.18. The van der Waals surface area contributed by atoms with Gasteiger partial charge in [0.2, 0.25) is 0 Å². The summed E-state index contributed by atoms with van der Waals surface area (Å²) in [7, 11) is 2.94. The number of aryl methyl sites for hydroxylation is 2. The van der Waals surface area contributed by atoms with E-state index in [1.807, 2.05) is 50.2 Å². The van der Waals surface area contributed by atoms with Crippen LogP contribution in [0.2, 0.25) is 0 Å². The van der Waals surface area contributed by atoms with Gasteiger partial charge in [-0.05, 0) is 61.4 Å². The van der Waals surface area contributed by atoms with Gasteiger partial charge in [-0.1, -0.05) is 6.07 Å². The lowest BCUT2D eigenvalue weighted by Crippen LogP contribution is -2.36. The van der Waals surface area contributed by atoms with E-state index < -0.39 is 0 Å². The summed E-state index contributed by atoms with van der Waals surface area (Å²) in [6, 6.07) is 12.8. The predicted octanol–water partition coefficient (Wildman–Crippen LogP) is 3.40. The van der Waals surface area contributed by atoms with E-state index in [1.165, 1.54) is 7.11 Å². The lowest BCUT2D eigenvalue weighted by molar-refractivity contribution is -0.140. The average molecular weight is 385 g/mol. The molecule has 0 saturated heterocycles. The van der Waals surface area contributed by atoms with Crippen LogP contribution in [0, 0.1) is 13.8 Å². The van der Waals surface area contributed by atoms with Crippen molar-refractivity contribution < 1.29 is 23.8 Å². The maximum atomic E-state index is 12.9. The standard InChI is InChI=1S/C22H27NO5/c1-16-5-6-18(15-17(16)2)22(25)23(12-11-21(24)27-4)13-14-28-20-9-7-19(26-3)8-10-20/h5-10,15H,11-14H2,1-4H3. The van der Waals surface area contributed by atoms with Crippen LogP contribution >= 0.6 is 0 Å². The van der Waals surface area contributed by atoms with Gasteiger partial charge in [-0.25, -0.2) is 0 Å². The van der Waals surface area contributed by atoms with Gasteiger partial charge in [-0.3, -0.25) is 9.59 Å². The first-order valence-electron chi connectivity index (χ1n) is 9.14. The molecule has 0 saturated carbocycles. The first-order valence-corrected chi connectivity index (χ1v) is 9.14. The monoisotopic (exact) mass is 385 g/mol. The van der Waals surface area contributed by atoms with Crippen LogP contribution in [0.1, 0.15) is 27.9 Å². The maximum absolute atomic E-state index is 12.9. The molecule has 150 valence electrons. The van der Waals surface area contributed by atoms with E-state index in [9.17, 15) is 9.59 Å². The molecular formula is C22H27NO5. The quantitative estimate of drug-likeness (QED) is 0.619. The molecule has 0 fully saturated rings. The van der Waals surface area contributed by atoms with E-state index in [-0.39, 0.29) is 24.8 Å². The largest absolute Gasteiger partial charge is 0.497 e. The first kappa shape index (κ1) is 21.3. The van der Waals surface area contributed by atoms with E-state index in [4.69, 9.17) is 14.2 Å². The van der Waals surface area contributed by atoms with Gasteiger partial charge in [0, 0.05) is 12.1 Å². The SMILES string of the molecule is COC(=O)CCN(CCOc1ccc(OC)cc1)C(=O)c1ccc(C)c(C)c1. The molecule has 6 heteroatoms. The van der Waals surface area contributed by atoms with E-state index in [0.29, 0.717) is 24.5 Å². The molecule has 0 aliphatic rings. The highest BCUT2D eigenvalue weighted by molar-refractivity contribution is 5.94. The van der Waals surface area contributed by atoms with Crippen molar-refractivity contribution in [1.29, 1.82) is 0 Å². The number of rotatable bonds is 9. The Bertz CT molecular complexity index is 801. The molecular weight excluding hydrogens is 358 g/mol. The Kier molecular flexibility index (Phi) is 7.87. The summed E-state index contributed by atoms with van der Waals surface area (Å²) < 4.78 is 15.6. The number of carbonyl (C=O) groups excluding carboxylic acids is 2. The summed E-state index contributed by atoms with van der Waals surface area (Å²) in [4.78, 5) is 26.1. The number of nitrogens with zero attached hydrogens (tertiary/aromatic N) is 1. The second-order valence-corrected chi connectivity index (χ2v) is 6.44. The van der Waals surface area contributed by atoms with Crippen LogP contribution in [0.15, 0.2) is 42.5 Å². The second-order valence-electron chi connectivity index (χ2n) is 6.44. The zero-order chi connectivity index (χ0) is 20.5. The number of hydrogen-bond donors (Lipinski definition) is 0. The Morgan fingerprint density at radius 1 is 0.893 bits per heavy atom. The lowest BCUT2D eigenvalue weighted by atomic mass is 10.1. The number of ether oxygens (including phenoxy) is 3. The number of hydrogen-bond acceptors (Lipinski definition) is 5. The van der Waals surface area contributed by atoms with Gasteiger partial charge in [-0.15, -0.1) is 0 Å². The van der Waals surface area contributed by atoms with Crippen LogP contribution in [0.4, 0.5) is 0 Å². The van der Waals surface area contributed by atoms with E-state index >= 15 is 0 Å². The molecule has 2 aromatic rings. The summed E-state index contributed by atoms with van der Waals surface area (Å²) in [5.74, 6) is 0.948. The van der Waals surface area contributed by atoms with Crippen LogP contribution in [-0.2, 0) is 9.53 Å². The van der Waals surface area contributed by atoms with Crippen LogP contribution in [-0.4, -0.2) is 50.7 Å². The fraction of sp³-hybridized carbons (Fsp3) is 0.364. The molecule has 2 rings (SSSR count). The molecule has 0 aliphatic carbocycles. The van der Waals surface area contributed by atoms with Gasteiger partial charge in [0.15, 0.2) is 0 Å². The summed E-state index contributed by atoms with van der Waals surface area (Å²) in [5.41, 5.74) is 2.77. The molecule has 0 heterocycles. The summed E-state index contributed by atoms with van der Waals surface area (Å²) in [6.45, 7) is 4.91. The molecule has 0 aromatic heterocycles. The van der Waals surface area contributed by atoms with Gasteiger partial charge >= 0.3 is 5.97 Å². The number of amides is 1. The van der Waals surface area contributed by atoms with Gasteiger partial charge in [0.1, 0.15) is 18.1 Å². The zero-order valence-electron chi connectivity index (χ0n) is 16.9. The third-order valence-corrected chi connectivity index (χ3v) is 4.54. The third kappa shape index (κ3) is 6.01. The lowest BCUT2D eigenvalue weighted by Gasteiger charge is -2.23. The topological polar surface area (TPSA) is 65.1 Å². The molecule has 1 amide bonds. The number of carbonyl (C=O) groups is 2. The number of esters is 1. The van der Waals surface area contributed by atoms with E-state index in [2.05, 4.69) is 0 Å². The second kappa shape index (κ2) is 10.3. The third-order valence-electron chi connectivity index (χ3n) is 4.54. The molecule has 6 nitrogen and oxygen atoms in total. The van der Waals surface area contributed by atoms with Crippen molar-refractivity contribution in [3.05, 3.63) is 59.2 Å². The minimum atomic E-state index is -0.353. The summed E-state index contributed by atoms with van der Waals surface area (Å²) >= 11 is 0. The molecule has 0 spiro atoms. The van der Waals surface area contributed by atoms with Gasteiger partial charge in [-0.2, -0.15) is 0 Å². The van der Waals surface area contributed by atoms with E-state index in [1.54, 1.807) is 18.1 Å². The Morgan fingerprint density at radius 3 is 2.18 bits per heavy atom. The van der Waals surface area contributed by atoms with Crippen LogP contribution in [0.25, 0.3) is 0 Å². The van der Waals surface area contributed by atoms with E-state index in [0.717, 1.165) is 16.9 Å². The number of methoxy groups -OCH3 is 2. The molecule has 0 atom stereocenters. The van der Waals surface area contributed by atoms with Crippen LogP contribution in [0.3, 0.4) is 0 Å². The molecule has 2 aromatic carbocycles. The van der Waals surface area contributed by atoms with Crippen molar-refractivity contribution in [2.24, 2.45) is 0 Å². The van der Waals surface area contributed by atoms with Crippen molar-refractivity contribution in [3.8, 4) is 11.5 Å². The van der Waals surface area contributed by atoms with Crippen molar-refractivity contribution in [2.75, 3.05) is 33.9 Å². The van der Waals surface area contributed by atoms with Crippen molar-refractivity contribution in [3.63, 3.8) is 0 Å². The maximum Gasteiger partial charge on any atom is 0.307 e. The normalized spacial score (nSPS) is 10.3. The van der Waals surface area contributed by atoms with Gasteiger partial charge in [0.05, 0.1) is 27.2 Å². The first-order chi connectivity index (χ1) is 13.4. The fourth-order valence-electron chi connectivity index (χ4n) is 2.65. The van der Waals surface area contributed by atoms with Gasteiger partial charge < -0.3 is 19.1 Å². The molecule has 0 unspecified atom stereocenters. The Morgan fingerprint density at radius 2 is 1.57 bits per heavy atom. The van der Waals surface area contributed by atoms with Crippen LogP contribution < -0.4 is 9.47 Å². The molecule has 0 radical (unpaired) electrons. The number of benzene rings is 2. The Balaban J connectivity index is 2.03. The molecule has 0 N–H and O–H groups in total. The molecule has 0 aliphatic heterocycles. The van der Waals surface area contributed by atoms with Crippen LogP contribution in [0.5, 0.6) is 11.5 Å². The highest BCUT2D eigenvalue weighted by Crippen LogP contribution is 2.17. The Labute approximate surface area is 166 Å². The Hall–Kier alpha value is -3.02. The van der Waals surface area contributed by atoms with Crippen molar-refractivity contribution >= 4 is 11.9 Å². The van der Waals surface area contributed by atoms with Gasteiger partial charge in [0.25, 0.3) is 5.91 Å². The summed E-state index contributed by atoms with van der Waals surface area (Å²) in [5, 5.41) is 0. The van der Waals surface area contributed by atoms with Crippen molar-refractivity contribution in [2.45, 2.75) is 20.3 Å². The molecule has 28 heavy (non-hydrogen) atoms. The van der Waals surface area contributed by atoms with Crippen molar-refractivity contribution in [1.82, 2.24) is 4.90 Å². The minimum absolute atomic E-state index is 0.134. The highest BCUT2D eigenvalue weighted by atomic mass is 16.5. The smallest absolute Gasteiger partial charge is 0.307 e. The average Bonchev–Trinajstić information content (AvgIpc) is 2.72.